The largest absolute Gasteiger partial charge is 0.496 e. The van der Waals surface area contributed by atoms with Crippen LogP contribution in [0.15, 0.2) is 53.4 Å². The molecule has 192 valence electrons. The highest BCUT2D eigenvalue weighted by Gasteiger charge is 2.22. The molecule has 0 saturated heterocycles. The zero-order chi connectivity index (χ0) is 26.8. The molecule has 0 aliphatic rings. The number of sulfonamides is 1. The molecule has 0 fully saturated rings. The summed E-state index contributed by atoms with van der Waals surface area (Å²) in [6.07, 6.45) is 0. The molecule has 0 aliphatic heterocycles. The lowest BCUT2D eigenvalue weighted by atomic mass is 9.93. The van der Waals surface area contributed by atoms with Gasteiger partial charge in [0.25, 0.3) is 15.9 Å². The van der Waals surface area contributed by atoms with Crippen LogP contribution in [0.3, 0.4) is 0 Å². The minimum atomic E-state index is -3.89. The molecule has 6 nitrogen and oxygen atoms in total. The summed E-state index contributed by atoms with van der Waals surface area (Å²) < 4.78 is 34.7. The van der Waals surface area contributed by atoms with Crippen LogP contribution in [0.5, 0.6) is 5.75 Å². The Morgan fingerprint density at radius 3 is 2.14 bits per heavy atom. The highest BCUT2D eigenvalue weighted by Crippen LogP contribution is 2.32. The van der Waals surface area contributed by atoms with Gasteiger partial charge in [-0.1, -0.05) is 32.0 Å². The summed E-state index contributed by atoms with van der Waals surface area (Å²) in [5.74, 6) is 0.748. The third kappa shape index (κ3) is 5.90. The predicted octanol–water partition coefficient (Wildman–Crippen LogP) is 6.34. The number of rotatable bonds is 8. The van der Waals surface area contributed by atoms with Crippen LogP contribution in [0.1, 0.15) is 76.5 Å². The number of carbonyl (C=O) groups is 1. The molecule has 3 aromatic rings. The smallest absolute Gasteiger partial charge is 0.262 e. The maximum absolute atomic E-state index is 13.3. The van der Waals surface area contributed by atoms with Crippen molar-refractivity contribution < 1.29 is 17.9 Å². The number of nitrogens with one attached hydrogen (secondary N) is 2. The number of carbonyl (C=O) groups excluding carboxylic acids is 1. The number of amides is 1. The summed E-state index contributed by atoms with van der Waals surface area (Å²) in [7, 11) is -2.24. The number of aryl methyl sites for hydroxylation is 4. The van der Waals surface area contributed by atoms with Gasteiger partial charge in [0.15, 0.2) is 0 Å². The van der Waals surface area contributed by atoms with Crippen molar-refractivity contribution in [2.45, 2.75) is 65.3 Å². The van der Waals surface area contributed by atoms with E-state index in [0.29, 0.717) is 11.3 Å². The van der Waals surface area contributed by atoms with Crippen LogP contribution < -0.4 is 14.8 Å². The van der Waals surface area contributed by atoms with E-state index < -0.39 is 10.0 Å². The highest BCUT2D eigenvalue weighted by atomic mass is 32.2. The molecule has 0 aliphatic carbocycles. The van der Waals surface area contributed by atoms with Gasteiger partial charge in [-0.05, 0) is 104 Å². The van der Waals surface area contributed by atoms with Crippen molar-refractivity contribution in [3.63, 3.8) is 0 Å². The first-order valence-electron chi connectivity index (χ1n) is 12.0. The van der Waals surface area contributed by atoms with E-state index in [0.717, 1.165) is 33.6 Å². The van der Waals surface area contributed by atoms with Crippen LogP contribution >= 0.6 is 0 Å². The van der Waals surface area contributed by atoms with Crippen molar-refractivity contribution in [2.75, 3.05) is 11.8 Å². The first-order valence-corrected chi connectivity index (χ1v) is 13.5. The molecule has 0 aromatic heterocycles. The second-order valence-corrected chi connectivity index (χ2v) is 11.4. The first kappa shape index (κ1) is 27.3. The van der Waals surface area contributed by atoms with Crippen LogP contribution in [0.25, 0.3) is 0 Å². The highest BCUT2D eigenvalue weighted by molar-refractivity contribution is 7.92. The third-order valence-electron chi connectivity index (χ3n) is 6.43. The number of ether oxygens (including phenoxy) is 1. The fourth-order valence-corrected chi connectivity index (χ4v) is 5.64. The Kier molecular flexibility index (Phi) is 8.14. The zero-order valence-electron chi connectivity index (χ0n) is 22.3. The van der Waals surface area contributed by atoms with Gasteiger partial charge in [-0.3, -0.25) is 9.52 Å². The Morgan fingerprint density at radius 1 is 0.833 bits per heavy atom. The van der Waals surface area contributed by atoms with Crippen LogP contribution in [0.2, 0.25) is 0 Å². The van der Waals surface area contributed by atoms with E-state index in [1.54, 1.807) is 32.2 Å². The summed E-state index contributed by atoms with van der Waals surface area (Å²) in [6, 6.07) is 14.1. The Labute approximate surface area is 215 Å². The maximum atomic E-state index is 13.3. The van der Waals surface area contributed by atoms with Crippen molar-refractivity contribution in [3.05, 3.63) is 87.5 Å². The van der Waals surface area contributed by atoms with Crippen molar-refractivity contribution in [1.82, 2.24) is 5.32 Å². The minimum Gasteiger partial charge on any atom is -0.496 e. The third-order valence-corrected chi connectivity index (χ3v) is 7.94. The second kappa shape index (κ2) is 10.7. The van der Waals surface area contributed by atoms with E-state index in [2.05, 4.69) is 30.0 Å². The monoisotopic (exact) mass is 508 g/mol. The minimum absolute atomic E-state index is 0.0754. The molecule has 3 rings (SSSR count). The van der Waals surface area contributed by atoms with E-state index in [9.17, 15) is 13.2 Å². The van der Waals surface area contributed by atoms with E-state index in [1.807, 2.05) is 45.9 Å². The molecule has 3 aromatic carbocycles. The van der Waals surface area contributed by atoms with E-state index >= 15 is 0 Å². The number of hydrogen-bond acceptors (Lipinski definition) is 4. The fourth-order valence-electron chi connectivity index (χ4n) is 4.24. The summed E-state index contributed by atoms with van der Waals surface area (Å²) in [5.41, 5.74) is 6.20. The molecule has 1 amide bonds. The number of methoxy groups -OCH3 is 1. The van der Waals surface area contributed by atoms with E-state index in [4.69, 9.17) is 4.74 Å². The van der Waals surface area contributed by atoms with Crippen molar-refractivity contribution in [3.8, 4) is 5.75 Å². The van der Waals surface area contributed by atoms with E-state index in [1.165, 1.54) is 6.07 Å². The van der Waals surface area contributed by atoms with Crippen LogP contribution in [0.4, 0.5) is 5.69 Å². The van der Waals surface area contributed by atoms with Gasteiger partial charge >= 0.3 is 0 Å². The fraction of sp³-hybridized carbons (Fsp3) is 0.345. The molecule has 0 heterocycles. The molecule has 36 heavy (non-hydrogen) atoms. The van der Waals surface area contributed by atoms with Crippen molar-refractivity contribution in [1.29, 1.82) is 0 Å². The standard InChI is InChI=1S/C29H36N2O4S/c1-17(2)24-16-25(21(6)14-27(24)35-8)22(7)30-29(32)23-12-11-20(5)28(15-23)36(33,34)31-26-13-18(3)9-10-19(26)4/h9-17,22,31H,1-8H3,(H,30,32)/t22-/m1/s1. The molecular formula is C29H36N2O4S. The van der Waals surface area contributed by atoms with Gasteiger partial charge in [-0.25, -0.2) is 8.42 Å². The van der Waals surface area contributed by atoms with Crippen LogP contribution in [-0.4, -0.2) is 21.4 Å². The normalized spacial score (nSPS) is 12.4. The van der Waals surface area contributed by atoms with Crippen LogP contribution in [0, 0.1) is 27.7 Å². The number of anilines is 1. The molecule has 0 saturated carbocycles. The lowest BCUT2D eigenvalue weighted by Gasteiger charge is -2.21. The summed E-state index contributed by atoms with van der Waals surface area (Å²) in [6.45, 7) is 13.6. The Morgan fingerprint density at radius 2 is 1.50 bits per heavy atom. The van der Waals surface area contributed by atoms with Crippen LogP contribution in [-0.2, 0) is 10.0 Å². The summed E-state index contributed by atoms with van der Waals surface area (Å²) in [5, 5.41) is 3.03. The van der Waals surface area contributed by atoms with Gasteiger partial charge < -0.3 is 10.1 Å². The van der Waals surface area contributed by atoms with Gasteiger partial charge in [0.1, 0.15) is 5.75 Å². The van der Waals surface area contributed by atoms with E-state index in [-0.39, 0.29) is 28.3 Å². The van der Waals surface area contributed by atoms with Gasteiger partial charge in [0.2, 0.25) is 0 Å². The Bertz CT molecular complexity index is 1390. The maximum Gasteiger partial charge on any atom is 0.262 e. The lowest BCUT2D eigenvalue weighted by Crippen LogP contribution is -2.27. The topological polar surface area (TPSA) is 84.5 Å². The summed E-state index contributed by atoms with van der Waals surface area (Å²) >= 11 is 0. The van der Waals surface area contributed by atoms with Gasteiger partial charge in [0, 0.05) is 5.56 Å². The van der Waals surface area contributed by atoms with Gasteiger partial charge in [-0.2, -0.15) is 0 Å². The SMILES string of the molecule is COc1cc(C)c([C@@H](C)NC(=O)c2ccc(C)c(S(=O)(=O)Nc3cc(C)ccc3C)c2)cc1C(C)C. The molecule has 0 bridgehead atoms. The molecule has 0 unspecified atom stereocenters. The van der Waals surface area contributed by atoms with Crippen molar-refractivity contribution in [2.24, 2.45) is 0 Å². The molecule has 0 spiro atoms. The first-order chi connectivity index (χ1) is 16.8. The summed E-state index contributed by atoms with van der Waals surface area (Å²) in [4.78, 5) is 13.3. The Hall–Kier alpha value is -3.32. The molecule has 0 radical (unpaired) electrons. The number of benzene rings is 3. The molecule has 2 N–H and O–H groups in total. The van der Waals surface area contributed by atoms with Gasteiger partial charge in [-0.15, -0.1) is 0 Å². The lowest BCUT2D eigenvalue weighted by molar-refractivity contribution is 0.0939. The molecular weight excluding hydrogens is 472 g/mol. The van der Waals surface area contributed by atoms with Crippen molar-refractivity contribution >= 4 is 21.6 Å². The average molecular weight is 509 g/mol. The number of hydrogen-bond donors (Lipinski definition) is 2. The Balaban J connectivity index is 1.89. The zero-order valence-corrected chi connectivity index (χ0v) is 23.1. The quantitative estimate of drug-likeness (QED) is 0.372. The predicted molar refractivity (Wildman–Crippen MR) is 146 cm³/mol. The molecule has 7 heteroatoms. The second-order valence-electron chi connectivity index (χ2n) is 9.70. The molecule has 1 atom stereocenters. The average Bonchev–Trinajstić information content (AvgIpc) is 2.80. The van der Waals surface area contributed by atoms with Gasteiger partial charge in [0.05, 0.1) is 23.7 Å².